The van der Waals surface area contributed by atoms with Gasteiger partial charge in [-0.25, -0.2) is 12.8 Å². The molecule has 2 aromatic heterocycles. The Kier molecular flexibility index (Phi) is 6.36. The van der Waals surface area contributed by atoms with Crippen molar-refractivity contribution in [2.24, 2.45) is 7.05 Å². The number of nitrogens with one attached hydrogen (secondary N) is 2. The first kappa shape index (κ1) is 22.1. The van der Waals surface area contributed by atoms with Crippen LogP contribution in [0.15, 0.2) is 29.4 Å². The van der Waals surface area contributed by atoms with E-state index in [1.165, 1.54) is 30.1 Å². The van der Waals surface area contributed by atoms with Crippen molar-refractivity contribution in [2.75, 3.05) is 5.32 Å². The summed E-state index contributed by atoms with van der Waals surface area (Å²) in [6, 6.07) is 0.277. The van der Waals surface area contributed by atoms with E-state index in [9.17, 15) is 30.8 Å². The Morgan fingerprint density at radius 2 is 2.04 bits per heavy atom. The van der Waals surface area contributed by atoms with E-state index in [1.54, 1.807) is 0 Å². The second-order valence-electron chi connectivity index (χ2n) is 5.78. The third-order valence-electron chi connectivity index (χ3n) is 3.63. The van der Waals surface area contributed by atoms with E-state index in [4.69, 9.17) is 11.6 Å². The molecule has 7 nitrogen and oxygen atoms in total. The van der Waals surface area contributed by atoms with Crippen molar-refractivity contribution < 1.29 is 30.8 Å². The molecule has 0 saturated carbocycles. The Hall–Kier alpha value is -2.18. The first-order valence-corrected chi connectivity index (χ1v) is 9.49. The van der Waals surface area contributed by atoms with Gasteiger partial charge in [0.1, 0.15) is 23.3 Å². The first-order valence-electron chi connectivity index (χ1n) is 7.63. The molecule has 154 valence electrons. The largest absolute Gasteiger partial charge is 0.404 e. The Morgan fingerprint density at radius 1 is 1.39 bits per heavy atom. The molecule has 0 aromatic carbocycles. The van der Waals surface area contributed by atoms with Crippen LogP contribution in [0.3, 0.4) is 0 Å². The lowest BCUT2D eigenvalue weighted by atomic mass is 10.3. The molecule has 1 amide bonds. The van der Waals surface area contributed by atoms with Gasteiger partial charge >= 0.3 is 6.18 Å². The van der Waals surface area contributed by atoms with Crippen molar-refractivity contribution >= 4 is 33.2 Å². The molecule has 0 aliphatic rings. The SMILES string of the molecule is C[C@@H](NS(=O)(=O)c1cn(C)c(C(=O)Nc2ccnc(CF)c2)c1Cl)C(F)(F)F. The number of aromatic nitrogens is 2. The van der Waals surface area contributed by atoms with Crippen LogP contribution in [0.4, 0.5) is 23.2 Å². The van der Waals surface area contributed by atoms with E-state index in [0.717, 1.165) is 10.8 Å². The Morgan fingerprint density at radius 3 is 2.61 bits per heavy atom. The molecule has 2 rings (SSSR count). The summed E-state index contributed by atoms with van der Waals surface area (Å²) < 4.78 is 77.6. The molecule has 0 spiro atoms. The number of hydrogen-bond donors (Lipinski definition) is 2. The molecule has 13 heteroatoms. The van der Waals surface area contributed by atoms with Gasteiger partial charge in [-0.3, -0.25) is 9.78 Å². The second kappa shape index (κ2) is 8.05. The molecule has 0 saturated heterocycles. The fourth-order valence-corrected chi connectivity index (χ4v) is 4.13. The normalized spacial score (nSPS) is 13.4. The van der Waals surface area contributed by atoms with Gasteiger partial charge in [0, 0.05) is 25.1 Å². The van der Waals surface area contributed by atoms with E-state index >= 15 is 0 Å². The van der Waals surface area contributed by atoms with Gasteiger partial charge in [-0.15, -0.1) is 0 Å². The molecule has 0 bridgehead atoms. The fraction of sp³-hybridized carbons (Fsp3) is 0.333. The molecule has 0 aliphatic carbocycles. The maximum Gasteiger partial charge on any atom is 0.404 e. The summed E-state index contributed by atoms with van der Waals surface area (Å²) in [6.45, 7) is -0.228. The lowest BCUT2D eigenvalue weighted by Crippen LogP contribution is -2.42. The summed E-state index contributed by atoms with van der Waals surface area (Å²) in [7, 11) is -3.36. The van der Waals surface area contributed by atoms with E-state index in [0.29, 0.717) is 6.92 Å². The van der Waals surface area contributed by atoms with Crippen LogP contribution in [0.25, 0.3) is 0 Å². The number of nitrogens with zero attached hydrogens (tertiary/aromatic N) is 2. The molecule has 0 fully saturated rings. The smallest absolute Gasteiger partial charge is 0.344 e. The van der Waals surface area contributed by atoms with Crippen LogP contribution in [0.2, 0.25) is 5.02 Å². The van der Waals surface area contributed by atoms with Crippen LogP contribution >= 0.6 is 11.6 Å². The fourth-order valence-electron chi connectivity index (χ4n) is 2.20. The zero-order valence-electron chi connectivity index (χ0n) is 14.5. The number of carbonyl (C=O) groups excluding carboxylic acids is 1. The monoisotopic (exact) mass is 442 g/mol. The van der Waals surface area contributed by atoms with Gasteiger partial charge in [-0.2, -0.15) is 17.9 Å². The summed E-state index contributed by atoms with van der Waals surface area (Å²) in [5.41, 5.74) is -0.0668. The summed E-state index contributed by atoms with van der Waals surface area (Å²) in [4.78, 5) is 15.5. The number of anilines is 1. The molecule has 0 aliphatic heterocycles. The molecule has 0 unspecified atom stereocenters. The first-order chi connectivity index (χ1) is 12.9. The summed E-state index contributed by atoms with van der Waals surface area (Å²) in [6.07, 6.45) is -2.62. The van der Waals surface area contributed by atoms with E-state index in [2.05, 4.69) is 10.3 Å². The summed E-state index contributed by atoms with van der Waals surface area (Å²) in [5.74, 6) is -0.839. The number of halogens is 5. The van der Waals surface area contributed by atoms with Gasteiger partial charge in [0.2, 0.25) is 10.0 Å². The number of hydrogen-bond acceptors (Lipinski definition) is 4. The minimum atomic E-state index is -4.80. The third kappa shape index (κ3) is 4.80. The summed E-state index contributed by atoms with van der Waals surface area (Å²) in [5, 5.41) is 1.84. The molecule has 2 heterocycles. The number of aryl methyl sites for hydroxylation is 1. The molecular formula is C15H15ClF4N4O3S. The van der Waals surface area contributed by atoms with Crippen LogP contribution in [-0.2, 0) is 23.7 Å². The van der Waals surface area contributed by atoms with Gasteiger partial charge in [-0.1, -0.05) is 11.6 Å². The van der Waals surface area contributed by atoms with Gasteiger partial charge in [0.05, 0.1) is 10.7 Å². The lowest BCUT2D eigenvalue weighted by molar-refractivity contribution is -0.147. The number of carbonyl (C=O) groups is 1. The van der Waals surface area contributed by atoms with E-state index in [-0.39, 0.29) is 17.1 Å². The minimum absolute atomic E-state index is 0.0596. The van der Waals surface area contributed by atoms with Crippen LogP contribution < -0.4 is 10.0 Å². The van der Waals surface area contributed by atoms with Crippen LogP contribution in [0.1, 0.15) is 23.1 Å². The zero-order valence-corrected chi connectivity index (χ0v) is 16.1. The number of alkyl halides is 4. The Labute approximate surface area is 162 Å². The van der Waals surface area contributed by atoms with Gasteiger partial charge in [0.15, 0.2) is 0 Å². The van der Waals surface area contributed by atoms with Gasteiger partial charge < -0.3 is 9.88 Å². The number of sulfonamides is 1. The predicted octanol–water partition coefficient (Wildman–Crippen LogP) is 3.02. The summed E-state index contributed by atoms with van der Waals surface area (Å²) >= 11 is 5.98. The van der Waals surface area contributed by atoms with Gasteiger partial charge in [0.25, 0.3) is 5.91 Å². The highest BCUT2D eigenvalue weighted by Crippen LogP contribution is 2.29. The Balaban J connectivity index is 2.33. The van der Waals surface area contributed by atoms with Crippen molar-refractivity contribution in [3.63, 3.8) is 0 Å². The van der Waals surface area contributed by atoms with E-state index in [1.807, 2.05) is 0 Å². The van der Waals surface area contributed by atoms with Crippen molar-refractivity contribution in [2.45, 2.75) is 30.7 Å². The van der Waals surface area contributed by atoms with Gasteiger partial charge in [-0.05, 0) is 19.1 Å². The molecule has 0 radical (unpaired) electrons. The Bertz CT molecular complexity index is 992. The molecule has 2 N–H and O–H groups in total. The molecule has 2 aromatic rings. The number of pyridine rings is 1. The number of rotatable bonds is 6. The number of amides is 1. The predicted molar refractivity (Wildman–Crippen MR) is 93.3 cm³/mol. The second-order valence-corrected chi connectivity index (χ2v) is 7.84. The van der Waals surface area contributed by atoms with Crippen molar-refractivity contribution in [3.05, 3.63) is 40.9 Å². The standard InChI is InChI=1S/C15H15ClF4N4O3S/c1-8(15(18,19)20)23-28(26,27)11-7-24(2)13(12(11)16)14(25)22-9-3-4-21-10(5-9)6-17/h3-5,7-8,23H,6H2,1-2H3,(H,21,22,25)/t8-/m1/s1. The highest BCUT2D eigenvalue weighted by molar-refractivity contribution is 7.89. The maximum atomic E-state index is 12.7. The lowest BCUT2D eigenvalue weighted by Gasteiger charge is -2.16. The van der Waals surface area contributed by atoms with E-state index < -0.39 is 44.7 Å². The highest BCUT2D eigenvalue weighted by Gasteiger charge is 2.40. The van der Waals surface area contributed by atoms with Crippen molar-refractivity contribution in [1.82, 2.24) is 14.3 Å². The van der Waals surface area contributed by atoms with Crippen LogP contribution in [0.5, 0.6) is 0 Å². The van der Waals surface area contributed by atoms with Crippen LogP contribution in [-0.4, -0.2) is 36.1 Å². The molecular weight excluding hydrogens is 428 g/mol. The quantitative estimate of drug-likeness (QED) is 0.672. The zero-order chi connectivity index (χ0) is 21.3. The average Bonchev–Trinajstić information content (AvgIpc) is 2.89. The highest BCUT2D eigenvalue weighted by atomic mass is 35.5. The molecule has 1 atom stereocenters. The van der Waals surface area contributed by atoms with Crippen LogP contribution in [0, 0.1) is 0 Å². The topological polar surface area (TPSA) is 93.1 Å². The van der Waals surface area contributed by atoms with Crippen molar-refractivity contribution in [3.8, 4) is 0 Å². The average molecular weight is 443 g/mol. The minimum Gasteiger partial charge on any atom is -0.344 e. The maximum absolute atomic E-state index is 12.7. The van der Waals surface area contributed by atoms with Crippen molar-refractivity contribution in [1.29, 1.82) is 0 Å². The third-order valence-corrected chi connectivity index (χ3v) is 5.67. The molecule has 28 heavy (non-hydrogen) atoms.